The summed E-state index contributed by atoms with van der Waals surface area (Å²) >= 11 is 1.35. The van der Waals surface area contributed by atoms with Crippen LogP contribution in [0.5, 0.6) is 0 Å². The number of benzene rings is 1. The van der Waals surface area contributed by atoms with Crippen LogP contribution in [0.25, 0.3) is 10.8 Å². The zero-order valence-electron chi connectivity index (χ0n) is 14.7. The molecule has 2 aromatic heterocycles. The second kappa shape index (κ2) is 6.19. The van der Waals surface area contributed by atoms with Gasteiger partial charge in [0.25, 0.3) is 5.91 Å². The van der Waals surface area contributed by atoms with E-state index in [0.717, 1.165) is 35.3 Å². The first-order valence-corrected chi connectivity index (χ1v) is 9.73. The van der Waals surface area contributed by atoms with E-state index in [1.807, 2.05) is 11.5 Å². The molecule has 1 aliphatic heterocycles. The van der Waals surface area contributed by atoms with Crippen LogP contribution in [0.1, 0.15) is 53.7 Å². The Balaban J connectivity index is 1.42. The Morgan fingerprint density at radius 3 is 2.70 bits per heavy atom. The standard InChI is InChI=1S/C18H17FN6OS/c1-10-15-21-22-16(17-20-14(23-27-17)11-2-3-11)25(15)9-8-24(10)18(26)12-4-6-13(19)7-5-12/h4-7,10-11H,2-3,8-9H2,1H3. The van der Waals surface area contributed by atoms with Crippen molar-refractivity contribution >= 4 is 17.4 Å². The molecule has 1 aromatic carbocycles. The molecule has 0 saturated heterocycles. The number of amides is 1. The van der Waals surface area contributed by atoms with Crippen LogP contribution < -0.4 is 0 Å². The molecular weight excluding hydrogens is 367 g/mol. The Hall–Kier alpha value is -2.68. The molecule has 7 nitrogen and oxygen atoms in total. The largest absolute Gasteiger partial charge is 0.327 e. The fourth-order valence-electron chi connectivity index (χ4n) is 3.41. The third kappa shape index (κ3) is 2.82. The quantitative estimate of drug-likeness (QED) is 0.694. The topological polar surface area (TPSA) is 76.8 Å². The van der Waals surface area contributed by atoms with Gasteiger partial charge in [-0.15, -0.1) is 10.2 Å². The number of aromatic nitrogens is 5. The first-order chi connectivity index (χ1) is 13.1. The maximum atomic E-state index is 13.1. The highest BCUT2D eigenvalue weighted by molar-refractivity contribution is 7.09. The Bertz CT molecular complexity index is 1010. The van der Waals surface area contributed by atoms with Gasteiger partial charge in [0.2, 0.25) is 0 Å². The summed E-state index contributed by atoms with van der Waals surface area (Å²) in [6.45, 7) is 3.05. The summed E-state index contributed by atoms with van der Waals surface area (Å²) in [7, 11) is 0. The van der Waals surface area contributed by atoms with E-state index in [0.29, 0.717) is 24.6 Å². The lowest BCUT2D eigenvalue weighted by Crippen LogP contribution is -2.41. The third-order valence-electron chi connectivity index (χ3n) is 5.11. The van der Waals surface area contributed by atoms with Gasteiger partial charge >= 0.3 is 0 Å². The van der Waals surface area contributed by atoms with Crippen LogP contribution in [-0.4, -0.2) is 41.5 Å². The highest BCUT2D eigenvalue weighted by atomic mass is 32.1. The zero-order valence-corrected chi connectivity index (χ0v) is 15.5. The summed E-state index contributed by atoms with van der Waals surface area (Å²) in [6, 6.07) is 5.39. The minimum Gasteiger partial charge on any atom is -0.327 e. The van der Waals surface area contributed by atoms with E-state index in [1.54, 1.807) is 4.90 Å². The Labute approximate surface area is 159 Å². The molecule has 3 heterocycles. The maximum absolute atomic E-state index is 13.1. The van der Waals surface area contributed by atoms with Crippen LogP contribution in [-0.2, 0) is 6.54 Å². The van der Waals surface area contributed by atoms with E-state index < -0.39 is 0 Å². The van der Waals surface area contributed by atoms with Crippen molar-refractivity contribution in [1.82, 2.24) is 29.0 Å². The molecule has 1 saturated carbocycles. The third-order valence-corrected chi connectivity index (χ3v) is 5.84. The Morgan fingerprint density at radius 1 is 1.19 bits per heavy atom. The Kier molecular flexibility index (Phi) is 3.78. The molecular formula is C18H17FN6OS. The van der Waals surface area contributed by atoms with Gasteiger partial charge in [-0.25, -0.2) is 9.37 Å². The van der Waals surface area contributed by atoms with E-state index in [-0.39, 0.29) is 17.8 Å². The number of carbonyl (C=O) groups excluding carboxylic acids is 1. The highest BCUT2D eigenvalue weighted by Gasteiger charge is 2.34. The highest BCUT2D eigenvalue weighted by Crippen LogP contribution is 2.40. The molecule has 0 N–H and O–H groups in total. The summed E-state index contributed by atoms with van der Waals surface area (Å²) < 4.78 is 19.6. The van der Waals surface area contributed by atoms with Crippen LogP contribution in [0.4, 0.5) is 4.39 Å². The molecule has 27 heavy (non-hydrogen) atoms. The van der Waals surface area contributed by atoms with Gasteiger partial charge in [-0.2, -0.15) is 4.37 Å². The van der Waals surface area contributed by atoms with E-state index in [4.69, 9.17) is 0 Å². The van der Waals surface area contributed by atoms with Gasteiger partial charge in [-0.1, -0.05) is 0 Å². The zero-order chi connectivity index (χ0) is 18.5. The van der Waals surface area contributed by atoms with Gasteiger partial charge in [0.1, 0.15) is 11.6 Å². The van der Waals surface area contributed by atoms with Crippen molar-refractivity contribution in [3.8, 4) is 10.8 Å². The van der Waals surface area contributed by atoms with Crippen molar-refractivity contribution in [3.63, 3.8) is 0 Å². The lowest BCUT2D eigenvalue weighted by molar-refractivity contribution is 0.0638. The summed E-state index contributed by atoms with van der Waals surface area (Å²) in [4.78, 5) is 19.2. The van der Waals surface area contributed by atoms with Crippen molar-refractivity contribution < 1.29 is 9.18 Å². The number of rotatable bonds is 3. The first kappa shape index (κ1) is 16.5. The average molecular weight is 384 g/mol. The van der Waals surface area contributed by atoms with Crippen LogP contribution in [0.2, 0.25) is 0 Å². The van der Waals surface area contributed by atoms with Crippen LogP contribution in [0.3, 0.4) is 0 Å². The van der Waals surface area contributed by atoms with Crippen molar-refractivity contribution in [3.05, 3.63) is 47.3 Å². The minimum atomic E-state index is -0.356. The molecule has 0 bridgehead atoms. The number of nitrogens with zero attached hydrogens (tertiary/aromatic N) is 6. The second-order valence-corrected chi connectivity index (χ2v) is 7.70. The van der Waals surface area contributed by atoms with Crippen LogP contribution >= 0.6 is 11.5 Å². The summed E-state index contributed by atoms with van der Waals surface area (Å²) in [5, 5.41) is 9.42. The Morgan fingerprint density at radius 2 is 1.96 bits per heavy atom. The number of carbonyl (C=O) groups is 1. The predicted octanol–water partition coefficient (Wildman–Crippen LogP) is 3.03. The van der Waals surface area contributed by atoms with E-state index in [1.165, 1.54) is 35.8 Å². The molecule has 5 rings (SSSR count). The first-order valence-electron chi connectivity index (χ1n) is 8.95. The lowest BCUT2D eigenvalue weighted by Gasteiger charge is -2.33. The minimum absolute atomic E-state index is 0.134. The fraction of sp³-hybridized carbons (Fsp3) is 0.389. The molecule has 1 atom stereocenters. The van der Waals surface area contributed by atoms with Gasteiger partial charge in [-0.05, 0) is 55.6 Å². The van der Waals surface area contributed by atoms with Gasteiger partial charge in [0, 0.05) is 24.6 Å². The van der Waals surface area contributed by atoms with Gasteiger partial charge < -0.3 is 9.47 Å². The number of hydrogen-bond donors (Lipinski definition) is 0. The monoisotopic (exact) mass is 384 g/mol. The molecule has 138 valence electrons. The summed E-state index contributed by atoms with van der Waals surface area (Å²) in [5.41, 5.74) is 0.467. The van der Waals surface area contributed by atoms with Gasteiger partial charge in [0.15, 0.2) is 16.7 Å². The van der Waals surface area contributed by atoms with E-state index >= 15 is 0 Å². The molecule has 2 aliphatic rings. The SMILES string of the molecule is CC1c2nnc(-c3nc(C4CC4)ns3)n2CCN1C(=O)c1ccc(F)cc1. The van der Waals surface area contributed by atoms with E-state index in [9.17, 15) is 9.18 Å². The maximum Gasteiger partial charge on any atom is 0.254 e. The summed E-state index contributed by atoms with van der Waals surface area (Å²) in [6.07, 6.45) is 2.32. The summed E-state index contributed by atoms with van der Waals surface area (Å²) in [5.74, 6) is 2.37. The molecule has 9 heteroatoms. The normalized spacial score (nSPS) is 19.2. The van der Waals surface area contributed by atoms with E-state index in [2.05, 4.69) is 19.6 Å². The average Bonchev–Trinajstić information content (AvgIpc) is 3.24. The van der Waals surface area contributed by atoms with Crippen molar-refractivity contribution in [2.45, 2.75) is 38.3 Å². The molecule has 1 aliphatic carbocycles. The van der Waals surface area contributed by atoms with Crippen molar-refractivity contribution in [1.29, 1.82) is 0 Å². The van der Waals surface area contributed by atoms with Crippen LogP contribution in [0.15, 0.2) is 24.3 Å². The smallest absolute Gasteiger partial charge is 0.254 e. The molecule has 0 spiro atoms. The molecule has 1 unspecified atom stereocenters. The van der Waals surface area contributed by atoms with Crippen LogP contribution in [0, 0.1) is 5.82 Å². The predicted molar refractivity (Wildman–Crippen MR) is 96.8 cm³/mol. The second-order valence-electron chi connectivity index (χ2n) is 6.95. The van der Waals surface area contributed by atoms with Gasteiger partial charge in [0.05, 0.1) is 6.04 Å². The number of halogens is 1. The number of hydrogen-bond acceptors (Lipinski definition) is 6. The molecule has 1 fully saturated rings. The lowest BCUT2D eigenvalue weighted by atomic mass is 10.1. The molecule has 1 amide bonds. The van der Waals surface area contributed by atoms with Crippen molar-refractivity contribution in [2.24, 2.45) is 0 Å². The number of fused-ring (bicyclic) bond motifs is 1. The molecule has 0 radical (unpaired) electrons. The van der Waals surface area contributed by atoms with Gasteiger partial charge in [-0.3, -0.25) is 4.79 Å². The fourth-order valence-corrected chi connectivity index (χ4v) is 4.15. The molecule has 3 aromatic rings. The van der Waals surface area contributed by atoms with Crippen molar-refractivity contribution in [2.75, 3.05) is 6.54 Å².